The molecule has 0 aliphatic heterocycles. The van der Waals surface area contributed by atoms with Crippen molar-refractivity contribution in [3.8, 4) is 0 Å². The number of fused-ring (bicyclic) bond motifs is 2. The number of aromatic nitrogens is 2. The van der Waals surface area contributed by atoms with Gasteiger partial charge in [0.05, 0.1) is 23.3 Å². The third kappa shape index (κ3) is 2.37. The van der Waals surface area contributed by atoms with Crippen LogP contribution in [0.4, 0.5) is 0 Å². The van der Waals surface area contributed by atoms with Crippen LogP contribution in [0.25, 0.3) is 11.0 Å². The summed E-state index contributed by atoms with van der Waals surface area (Å²) in [4.78, 5) is 22.6. The monoisotopic (exact) mass is 309 g/mol. The molecule has 0 radical (unpaired) electrons. The van der Waals surface area contributed by atoms with Crippen LogP contribution in [-0.2, 0) is 6.42 Å². The molecule has 5 heteroatoms. The lowest BCUT2D eigenvalue weighted by molar-refractivity contribution is 0.0928. The molecule has 0 spiro atoms. The number of para-hydroxylation sites is 2. The van der Waals surface area contributed by atoms with Gasteiger partial charge in [0, 0.05) is 4.88 Å². The van der Waals surface area contributed by atoms with Crippen LogP contribution in [-0.4, -0.2) is 15.9 Å². The molecule has 4 rings (SSSR count). The lowest BCUT2D eigenvalue weighted by Gasteiger charge is -2.23. The molecule has 1 aliphatic carbocycles. The van der Waals surface area contributed by atoms with E-state index in [1.165, 1.54) is 10.4 Å². The Morgan fingerprint density at radius 1 is 1.23 bits per heavy atom. The zero-order valence-corrected chi connectivity index (χ0v) is 12.8. The van der Waals surface area contributed by atoms with E-state index in [1.807, 2.05) is 24.3 Å². The van der Waals surface area contributed by atoms with Crippen molar-refractivity contribution < 1.29 is 4.79 Å². The smallest absolute Gasteiger partial charge is 0.271 e. The molecule has 1 unspecified atom stereocenters. The van der Waals surface area contributed by atoms with E-state index in [-0.39, 0.29) is 11.9 Å². The first-order chi connectivity index (χ1) is 10.8. The SMILES string of the molecule is O=C(NC1CCCc2sccc21)c1cnc2ccccc2n1. The predicted molar refractivity (Wildman–Crippen MR) is 87.0 cm³/mol. The summed E-state index contributed by atoms with van der Waals surface area (Å²) in [5.41, 5.74) is 3.19. The Labute approximate surface area is 132 Å². The molecule has 1 aromatic carbocycles. The minimum Gasteiger partial charge on any atom is -0.344 e. The van der Waals surface area contributed by atoms with Crippen LogP contribution in [0.3, 0.4) is 0 Å². The Balaban J connectivity index is 1.59. The van der Waals surface area contributed by atoms with E-state index >= 15 is 0 Å². The Morgan fingerprint density at radius 2 is 2.09 bits per heavy atom. The summed E-state index contributed by atoms with van der Waals surface area (Å²) in [5.74, 6) is -0.151. The fourth-order valence-electron chi connectivity index (χ4n) is 2.94. The predicted octanol–water partition coefficient (Wildman–Crippen LogP) is 3.50. The van der Waals surface area contributed by atoms with E-state index in [0.717, 1.165) is 30.3 Å². The molecule has 1 N–H and O–H groups in total. The highest BCUT2D eigenvalue weighted by molar-refractivity contribution is 7.10. The topological polar surface area (TPSA) is 54.9 Å². The lowest BCUT2D eigenvalue weighted by atomic mass is 9.94. The standard InChI is InChI=1S/C17H15N3OS/c21-17(15-10-18-13-4-1-2-5-14(13)19-15)20-12-6-3-7-16-11(12)8-9-22-16/h1-2,4-5,8-10,12H,3,6-7H2,(H,20,21). The molecule has 3 aromatic rings. The van der Waals surface area contributed by atoms with E-state index < -0.39 is 0 Å². The average Bonchev–Trinajstić information content (AvgIpc) is 3.04. The normalized spacial score (nSPS) is 17.2. The van der Waals surface area contributed by atoms with Gasteiger partial charge in [-0.1, -0.05) is 12.1 Å². The van der Waals surface area contributed by atoms with Crippen molar-refractivity contribution >= 4 is 28.3 Å². The first kappa shape index (κ1) is 13.4. The number of nitrogens with one attached hydrogen (secondary N) is 1. The summed E-state index contributed by atoms with van der Waals surface area (Å²) in [5, 5.41) is 5.21. The van der Waals surface area contributed by atoms with Gasteiger partial charge in [0.15, 0.2) is 0 Å². The van der Waals surface area contributed by atoms with Crippen molar-refractivity contribution in [1.82, 2.24) is 15.3 Å². The second kappa shape index (κ2) is 5.50. The van der Waals surface area contributed by atoms with Gasteiger partial charge in [0.1, 0.15) is 5.69 Å². The third-order valence-electron chi connectivity index (χ3n) is 4.04. The molecule has 0 saturated carbocycles. The van der Waals surface area contributed by atoms with Crippen LogP contribution in [0.5, 0.6) is 0 Å². The third-order valence-corrected chi connectivity index (χ3v) is 5.03. The van der Waals surface area contributed by atoms with Crippen molar-refractivity contribution in [1.29, 1.82) is 0 Å². The average molecular weight is 309 g/mol. The van der Waals surface area contributed by atoms with Crippen LogP contribution in [0.2, 0.25) is 0 Å². The van der Waals surface area contributed by atoms with Crippen molar-refractivity contribution in [2.24, 2.45) is 0 Å². The van der Waals surface area contributed by atoms with Gasteiger partial charge >= 0.3 is 0 Å². The maximum absolute atomic E-state index is 12.5. The molecule has 0 bridgehead atoms. The van der Waals surface area contributed by atoms with Crippen molar-refractivity contribution in [3.63, 3.8) is 0 Å². The fourth-order valence-corrected chi connectivity index (χ4v) is 3.92. The molecular formula is C17H15N3OS. The molecule has 4 nitrogen and oxygen atoms in total. The van der Waals surface area contributed by atoms with Crippen LogP contribution in [0, 0.1) is 0 Å². The quantitative estimate of drug-likeness (QED) is 0.788. The van der Waals surface area contributed by atoms with Crippen LogP contribution in [0.1, 0.15) is 39.8 Å². The van der Waals surface area contributed by atoms with Crippen molar-refractivity contribution in [3.05, 3.63) is 58.0 Å². The van der Waals surface area contributed by atoms with Gasteiger partial charge in [0.2, 0.25) is 0 Å². The van der Waals surface area contributed by atoms with Gasteiger partial charge in [-0.05, 0) is 48.4 Å². The number of amides is 1. The summed E-state index contributed by atoms with van der Waals surface area (Å²) in [7, 11) is 0. The number of nitrogens with zero attached hydrogens (tertiary/aromatic N) is 2. The number of thiophene rings is 1. The summed E-state index contributed by atoms with van der Waals surface area (Å²) in [6.45, 7) is 0. The molecule has 110 valence electrons. The van der Waals surface area contributed by atoms with Crippen LogP contribution < -0.4 is 5.32 Å². The zero-order valence-electron chi connectivity index (χ0n) is 12.0. The Kier molecular flexibility index (Phi) is 3.35. The summed E-state index contributed by atoms with van der Waals surface area (Å²) >= 11 is 1.77. The molecular weight excluding hydrogens is 294 g/mol. The van der Waals surface area contributed by atoms with Gasteiger partial charge in [-0.15, -0.1) is 11.3 Å². The molecule has 2 aromatic heterocycles. The Morgan fingerprint density at radius 3 is 3.00 bits per heavy atom. The van der Waals surface area contributed by atoms with Gasteiger partial charge in [-0.25, -0.2) is 4.98 Å². The highest BCUT2D eigenvalue weighted by Crippen LogP contribution is 2.33. The molecule has 1 amide bonds. The van der Waals surface area contributed by atoms with E-state index in [1.54, 1.807) is 17.5 Å². The maximum Gasteiger partial charge on any atom is 0.271 e. The number of carbonyl (C=O) groups excluding carboxylic acids is 1. The van der Waals surface area contributed by atoms with Gasteiger partial charge in [0.25, 0.3) is 5.91 Å². The highest BCUT2D eigenvalue weighted by Gasteiger charge is 2.23. The largest absolute Gasteiger partial charge is 0.344 e. The van der Waals surface area contributed by atoms with E-state index in [0.29, 0.717) is 5.69 Å². The molecule has 1 atom stereocenters. The number of hydrogen-bond donors (Lipinski definition) is 1. The first-order valence-corrected chi connectivity index (χ1v) is 8.28. The van der Waals surface area contributed by atoms with Crippen LogP contribution >= 0.6 is 11.3 Å². The van der Waals surface area contributed by atoms with E-state index in [4.69, 9.17) is 0 Å². The summed E-state index contributed by atoms with van der Waals surface area (Å²) in [6, 6.07) is 9.79. The van der Waals surface area contributed by atoms with Gasteiger partial charge in [-0.3, -0.25) is 9.78 Å². The molecule has 1 aliphatic rings. The minimum absolute atomic E-state index is 0.0933. The molecule has 0 fully saturated rings. The fraction of sp³-hybridized carbons (Fsp3) is 0.235. The summed E-state index contributed by atoms with van der Waals surface area (Å²) in [6.07, 6.45) is 4.77. The zero-order chi connectivity index (χ0) is 14.9. The summed E-state index contributed by atoms with van der Waals surface area (Å²) < 4.78 is 0. The second-order valence-corrected chi connectivity index (χ2v) is 6.46. The van der Waals surface area contributed by atoms with E-state index in [2.05, 4.69) is 26.7 Å². The van der Waals surface area contributed by atoms with Gasteiger partial charge < -0.3 is 5.32 Å². The van der Waals surface area contributed by atoms with Crippen molar-refractivity contribution in [2.75, 3.05) is 0 Å². The van der Waals surface area contributed by atoms with E-state index in [9.17, 15) is 4.79 Å². The van der Waals surface area contributed by atoms with Crippen molar-refractivity contribution in [2.45, 2.75) is 25.3 Å². The number of rotatable bonds is 2. The Bertz CT molecular complexity index is 843. The first-order valence-electron chi connectivity index (χ1n) is 7.40. The number of benzene rings is 1. The van der Waals surface area contributed by atoms with Gasteiger partial charge in [-0.2, -0.15) is 0 Å². The molecule has 22 heavy (non-hydrogen) atoms. The lowest BCUT2D eigenvalue weighted by Crippen LogP contribution is -2.31. The number of carbonyl (C=O) groups is 1. The highest BCUT2D eigenvalue weighted by atomic mass is 32.1. The molecule has 2 heterocycles. The second-order valence-electron chi connectivity index (χ2n) is 5.46. The number of aryl methyl sites for hydroxylation is 1. The molecule has 0 saturated heterocycles. The Hall–Kier alpha value is -2.27. The van der Waals surface area contributed by atoms with Crippen LogP contribution in [0.15, 0.2) is 41.9 Å². The number of hydrogen-bond acceptors (Lipinski definition) is 4. The minimum atomic E-state index is -0.151. The maximum atomic E-state index is 12.5.